The van der Waals surface area contributed by atoms with Gasteiger partial charge >= 0.3 is 5.97 Å². The standard InChI is InChI=1S/C27H32N2O5S/c1-3-19(17-30)29-22-24(32)28(16-18-10-5-4-6-11-18)14-9-13-27(22)20(23(29)31)21-25(33)34-15-8-7-12-26(21,2)35-27/h4-7,9-13,19-22,30H,3,8,14-17H2,1-2H3/t19-,20-,21+,22?,26-,27-/m0/s1. The molecule has 5 rings (SSSR count). The van der Waals surface area contributed by atoms with Gasteiger partial charge in [0.05, 0.1) is 35.8 Å². The lowest BCUT2D eigenvalue weighted by atomic mass is 9.74. The lowest BCUT2D eigenvalue weighted by Gasteiger charge is -2.39. The van der Waals surface area contributed by atoms with E-state index in [-0.39, 0.29) is 31.0 Å². The first-order chi connectivity index (χ1) is 16.9. The van der Waals surface area contributed by atoms with Crippen molar-refractivity contribution < 1.29 is 24.2 Å². The zero-order chi connectivity index (χ0) is 24.8. The number of hydrogen-bond donors (Lipinski definition) is 1. The van der Waals surface area contributed by atoms with Crippen LogP contribution in [0.4, 0.5) is 0 Å². The molecule has 0 bridgehead atoms. The number of hydrogen-bond acceptors (Lipinski definition) is 6. The summed E-state index contributed by atoms with van der Waals surface area (Å²) in [6.45, 7) is 4.75. The van der Waals surface area contributed by atoms with Crippen LogP contribution in [0.5, 0.6) is 0 Å². The van der Waals surface area contributed by atoms with Gasteiger partial charge in [-0.1, -0.05) is 61.6 Å². The SMILES string of the molecule is CC[C@@H](CO)N1C(=O)[C@@H]2[C@@H]3C(=O)OCCC=C[C@]3(C)S[C@@]23C=CCN(Cc2ccccc2)C(=O)C13. The molecule has 0 radical (unpaired) electrons. The van der Waals surface area contributed by atoms with Gasteiger partial charge in [-0.25, -0.2) is 0 Å². The number of ether oxygens (including phenoxy) is 1. The van der Waals surface area contributed by atoms with Crippen LogP contribution in [0.25, 0.3) is 0 Å². The lowest BCUT2D eigenvalue weighted by molar-refractivity contribution is -0.154. The molecular weight excluding hydrogens is 464 g/mol. The van der Waals surface area contributed by atoms with Crippen LogP contribution in [-0.4, -0.2) is 74.0 Å². The van der Waals surface area contributed by atoms with E-state index >= 15 is 0 Å². The maximum absolute atomic E-state index is 14.3. The second-order valence-corrected chi connectivity index (χ2v) is 11.7. The van der Waals surface area contributed by atoms with Crippen LogP contribution < -0.4 is 0 Å². The minimum Gasteiger partial charge on any atom is -0.465 e. The van der Waals surface area contributed by atoms with Crippen molar-refractivity contribution in [2.75, 3.05) is 19.8 Å². The molecule has 8 heteroatoms. The number of likely N-dealkylation sites (tertiary alicyclic amines) is 1. The number of esters is 1. The topological polar surface area (TPSA) is 87.2 Å². The molecule has 4 aliphatic rings. The van der Waals surface area contributed by atoms with Gasteiger partial charge < -0.3 is 19.6 Å². The molecule has 0 saturated carbocycles. The third-order valence-corrected chi connectivity index (χ3v) is 9.63. The third-order valence-electron chi connectivity index (χ3n) is 7.83. The van der Waals surface area contributed by atoms with E-state index in [4.69, 9.17) is 4.74 Å². The van der Waals surface area contributed by atoms with E-state index in [1.807, 2.05) is 68.5 Å². The number of carbonyl (C=O) groups excluding carboxylic acids is 3. The summed E-state index contributed by atoms with van der Waals surface area (Å²) >= 11 is 1.53. The molecule has 4 aliphatic heterocycles. The molecule has 0 aliphatic carbocycles. The molecule has 2 fully saturated rings. The number of carbonyl (C=O) groups is 3. The Bertz CT molecular complexity index is 1070. The quantitative estimate of drug-likeness (QED) is 0.498. The van der Waals surface area contributed by atoms with Crippen molar-refractivity contribution in [3.05, 3.63) is 60.2 Å². The van der Waals surface area contributed by atoms with Gasteiger partial charge in [0, 0.05) is 17.8 Å². The van der Waals surface area contributed by atoms with E-state index in [0.717, 1.165) is 5.56 Å². The highest BCUT2D eigenvalue weighted by Gasteiger charge is 2.74. The number of nitrogens with zero attached hydrogens (tertiary/aromatic N) is 2. The average Bonchev–Trinajstić information content (AvgIpc) is 3.17. The van der Waals surface area contributed by atoms with Crippen molar-refractivity contribution in [1.29, 1.82) is 0 Å². The van der Waals surface area contributed by atoms with Crippen molar-refractivity contribution in [2.45, 2.75) is 54.8 Å². The Labute approximate surface area is 210 Å². The van der Waals surface area contributed by atoms with Crippen LogP contribution in [0.15, 0.2) is 54.6 Å². The van der Waals surface area contributed by atoms with E-state index in [9.17, 15) is 19.5 Å². The molecule has 2 saturated heterocycles. The summed E-state index contributed by atoms with van der Waals surface area (Å²) in [5.41, 5.74) is 1.01. The highest BCUT2D eigenvalue weighted by atomic mass is 32.2. The van der Waals surface area contributed by atoms with Crippen molar-refractivity contribution in [3.63, 3.8) is 0 Å². The number of rotatable bonds is 5. The van der Waals surface area contributed by atoms with Gasteiger partial charge in [0.25, 0.3) is 0 Å². The van der Waals surface area contributed by atoms with Gasteiger partial charge in [-0.3, -0.25) is 14.4 Å². The van der Waals surface area contributed by atoms with Gasteiger partial charge in [-0.15, -0.1) is 11.8 Å². The Balaban J connectivity index is 1.63. The van der Waals surface area contributed by atoms with Gasteiger partial charge in [0.2, 0.25) is 11.8 Å². The van der Waals surface area contributed by atoms with E-state index in [0.29, 0.717) is 25.9 Å². The maximum atomic E-state index is 14.3. The summed E-state index contributed by atoms with van der Waals surface area (Å²) in [6.07, 6.45) is 9.13. The highest BCUT2D eigenvalue weighted by molar-refractivity contribution is 8.02. The Morgan fingerprint density at radius 1 is 1.11 bits per heavy atom. The zero-order valence-electron chi connectivity index (χ0n) is 20.1. The van der Waals surface area contributed by atoms with Crippen molar-refractivity contribution in [3.8, 4) is 0 Å². The minimum absolute atomic E-state index is 0.149. The number of thioether (sulfide) groups is 1. The molecule has 1 spiro atoms. The first-order valence-corrected chi connectivity index (χ1v) is 13.2. The fraction of sp³-hybridized carbons (Fsp3) is 0.519. The van der Waals surface area contributed by atoms with Crippen molar-refractivity contribution in [2.24, 2.45) is 11.8 Å². The summed E-state index contributed by atoms with van der Waals surface area (Å²) in [5, 5.41) is 10.2. The number of cyclic esters (lactones) is 1. The van der Waals surface area contributed by atoms with Gasteiger partial charge in [0.15, 0.2) is 0 Å². The van der Waals surface area contributed by atoms with Crippen LogP contribution in [0.1, 0.15) is 32.3 Å². The monoisotopic (exact) mass is 496 g/mol. The van der Waals surface area contributed by atoms with Crippen molar-refractivity contribution >= 4 is 29.5 Å². The lowest BCUT2D eigenvalue weighted by Crippen LogP contribution is -2.56. The molecule has 4 heterocycles. The van der Waals surface area contributed by atoms with Crippen LogP contribution in [0.2, 0.25) is 0 Å². The third kappa shape index (κ3) is 3.73. The van der Waals surface area contributed by atoms with Crippen molar-refractivity contribution in [1.82, 2.24) is 9.80 Å². The summed E-state index contributed by atoms with van der Waals surface area (Å²) < 4.78 is 3.96. The number of benzene rings is 1. The molecule has 6 atom stereocenters. The molecule has 7 nitrogen and oxygen atoms in total. The number of aliphatic hydroxyl groups is 1. The fourth-order valence-electron chi connectivity index (χ4n) is 6.23. The van der Waals surface area contributed by atoms with Crippen LogP contribution >= 0.6 is 11.8 Å². The largest absolute Gasteiger partial charge is 0.465 e. The molecule has 35 heavy (non-hydrogen) atoms. The summed E-state index contributed by atoms with van der Waals surface area (Å²) in [4.78, 5) is 45.0. The van der Waals surface area contributed by atoms with Crippen LogP contribution in [0.3, 0.4) is 0 Å². The highest BCUT2D eigenvalue weighted by Crippen LogP contribution is 2.65. The molecular formula is C27H32N2O5S. The second-order valence-electron chi connectivity index (χ2n) is 9.95. The molecule has 1 aromatic carbocycles. The molecule has 186 valence electrons. The molecule has 1 aromatic rings. The van der Waals surface area contributed by atoms with E-state index in [1.165, 1.54) is 11.8 Å². The Kier molecular flexibility index (Phi) is 6.30. The van der Waals surface area contributed by atoms with Crippen LogP contribution in [0, 0.1) is 11.8 Å². The normalized spacial score (nSPS) is 35.1. The average molecular weight is 497 g/mol. The molecule has 2 amide bonds. The zero-order valence-corrected chi connectivity index (χ0v) is 20.9. The minimum atomic E-state index is -0.921. The number of amides is 2. The van der Waals surface area contributed by atoms with Gasteiger partial charge in [-0.05, 0) is 25.3 Å². The Morgan fingerprint density at radius 2 is 1.89 bits per heavy atom. The Hall–Kier alpha value is -2.58. The fourth-order valence-corrected chi connectivity index (χ4v) is 8.37. The summed E-state index contributed by atoms with van der Waals surface area (Å²) in [5.74, 6) is -2.23. The van der Waals surface area contributed by atoms with E-state index in [2.05, 4.69) is 0 Å². The predicted molar refractivity (Wildman–Crippen MR) is 133 cm³/mol. The van der Waals surface area contributed by atoms with Gasteiger partial charge in [-0.2, -0.15) is 0 Å². The van der Waals surface area contributed by atoms with Gasteiger partial charge in [0.1, 0.15) is 6.04 Å². The van der Waals surface area contributed by atoms with E-state index in [1.54, 1.807) is 9.80 Å². The first-order valence-electron chi connectivity index (χ1n) is 12.3. The second kappa shape index (κ2) is 9.13. The van der Waals surface area contributed by atoms with E-state index < -0.39 is 33.4 Å². The maximum Gasteiger partial charge on any atom is 0.311 e. The first kappa shape index (κ1) is 24.1. The summed E-state index contributed by atoms with van der Waals surface area (Å²) in [7, 11) is 0. The number of aliphatic hydroxyl groups excluding tert-OH is 1. The summed E-state index contributed by atoms with van der Waals surface area (Å²) in [6, 6.07) is 8.47. The molecule has 1 unspecified atom stereocenters. The number of fused-ring (bicyclic) bond motifs is 2. The predicted octanol–water partition coefficient (Wildman–Crippen LogP) is 2.55. The smallest absolute Gasteiger partial charge is 0.311 e. The molecule has 0 aromatic heterocycles. The Morgan fingerprint density at radius 3 is 2.60 bits per heavy atom. The molecule has 1 N–H and O–H groups in total. The van der Waals surface area contributed by atoms with Crippen LogP contribution in [-0.2, 0) is 25.7 Å².